The van der Waals surface area contributed by atoms with Gasteiger partial charge in [-0.05, 0) is 44.2 Å². The minimum absolute atomic E-state index is 0.0680. The van der Waals surface area contributed by atoms with E-state index in [1.807, 2.05) is 13.8 Å². The molecule has 5 nitrogen and oxygen atoms in total. The smallest absolute Gasteiger partial charge is 0.253 e. The van der Waals surface area contributed by atoms with E-state index in [1.165, 1.54) is 0 Å². The first-order valence-electron chi connectivity index (χ1n) is 8.92. The molecule has 142 valence electrons. The van der Waals surface area contributed by atoms with Gasteiger partial charge in [-0.2, -0.15) is 0 Å². The van der Waals surface area contributed by atoms with Gasteiger partial charge in [0, 0.05) is 47.2 Å². The van der Waals surface area contributed by atoms with Crippen molar-refractivity contribution in [3.05, 3.63) is 64.1 Å². The maximum absolute atomic E-state index is 12.4. The molecule has 0 unspecified atom stereocenters. The van der Waals surface area contributed by atoms with E-state index in [1.54, 1.807) is 53.4 Å². The molecule has 0 aromatic heterocycles. The molecule has 27 heavy (non-hydrogen) atoms. The van der Waals surface area contributed by atoms with Gasteiger partial charge in [-0.25, -0.2) is 0 Å². The lowest BCUT2D eigenvalue weighted by Crippen LogP contribution is -2.30. The van der Waals surface area contributed by atoms with Crippen LogP contribution in [0.25, 0.3) is 0 Å². The van der Waals surface area contributed by atoms with E-state index in [0.29, 0.717) is 29.9 Å². The van der Waals surface area contributed by atoms with E-state index < -0.39 is 0 Å². The highest BCUT2D eigenvalue weighted by Gasteiger charge is 2.14. The fourth-order valence-electron chi connectivity index (χ4n) is 2.65. The summed E-state index contributed by atoms with van der Waals surface area (Å²) in [5.74, 6) is -0.405. The molecule has 2 aromatic rings. The Kier molecular flexibility index (Phi) is 7.73. The van der Waals surface area contributed by atoms with Crippen molar-refractivity contribution in [3.63, 3.8) is 0 Å². The van der Waals surface area contributed by atoms with Gasteiger partial charge in [0.2, 0.25) is 5.91 Å². The van der Waals surface area contributed by atoms with Gasteiger partial charge >= 0.3 is 0 Å². The Morgan fingerprint density at radius 2 is 1.59 bits per heavy atom. The van der Waals surface area contributed by atoms with Gasteiger partial charge in [0.25, 0.3) is 5.91 Å². The lowest BCUT2D eigenvalue weighted by molar-refractivity contribution is -0.116. The van der Waals surface area contributed by atoms with E-state index in [2.05, 4.69) is 21.2 Å². The molecular weight excluding hydrogens is 408 g/mol. The largest absolute Gasteiger partial charge is 0.339 e. The molecule has 0 aliphatic rings. The molecule has 6 heteroatoms. The Bertz CT molecular complexity index is 814. The molecule has 0 radical (unpaired) electrons. The molecule has 1 N–H and O–H groups in total. The molecule has 0 saturated carbocycles. The molecule has 0 bridgehead atoms. The van der Waals surface area contributed by atoms with Crippen LogP contribution >= 0.6 is 15.9 Å². The second-order valence-corrected chi connectivity index (χ2v) is 6.95. The van der Waals surface area contributed by atoms with Gasteiger partial charge < -0.3 is 10.2 Å². The number of anilines is 1. The zero-order valence-corrected chi connectivity index (χ0v) is 17.1. The normalized spacial score (nSPS) is 10.3. The van der Waals surface area contributed by atoms with Crippen LogP contribution in [0.15, 0.2) is 53.0 Å². The number of Topliss-reactive ketones (excluding diaryl/α,β-unsaturated/α-hetero) is 1. The number of ketones is 1. The predicted octanol–water partition coefficient (Wildman–Crippen LogP) is 4.53. The summed E-state index contributed by atoms with van der Waals surface area (Å²) in [6.07, 6.45) is 0.217. The maximum atomic E-state index is 12.4. The van der Waals surface area contributed by atoms with E-state index >= 15 is 0 Å². The SMILES string of the molecule is CCN(CC)C(=O)c1cccc(NC(=O)CCC(=O)c2ccc(Br)cc2)c1. The molecule has 0 fully saturated rings. The standard InChI is InChI=1S/C21H23BrN2O3/c1-3-24(4-2)21(27)16-6-5-7-18(14-16)23-20(26)13-12-19(25)15-8-10-17(22)11-9-15/h5-11,14H,3-4,12-13H2,1-2H3,(H,23,26). The Balaban J connectivity index is 1.93. The Hall–Kier alpha value is -2.47. The summed E-state index contributed by atoms with van der Waals surface area (Å²) >= 11 is 3.33. The Morgan fingerprint density at radius 1 is 0.926 bits per heavy atom. The summed E-state index contributed by atoms with van der Waals surface area (Å²) in [6, 6.07) is 13.9. The summed E-state index contributed by atoms with van der Waals surface area (Å²) < 4.78 is 0.899. The molecule has 2 rings (SSSR count). The van der Waals surface area contributed by atoms with Crippen LogP contribution in [0.2, 0.25) is 0 Å². The number of amides is 2. The van der Waals surface area contributed by atoms with Crippen LogP contribution < -0.4 is 5.32 Å². The molecule has 2 amide bonds. The van der Waals surface area contributed by atoms with Crippen molar-refractivity contribution in [1.29, 1.82) is 0 Å². The van der Waals surface area contributed by atoms with Crippen LogP contribution in [0.3, 0.4) is 0 Å². The predicted molar refractivity (Wildman–Crippen MR) is 110 cm³/mol. The minimum Gasteiger partial charge on any atom is -0.339 e. The van der Waals surface area contributed by atoms with Crippen molar-refractivity contribution in [3.8, 4) is 0 Å². The number of hydrogen-bond donors (Lipinski definition) is 1. The lowest BCUT2D eigenvalue weighted by atomic mass is 10.1. The van der Waals surface area contributed by atoms with Crippen molar-refractivity contribution in [2.24, 2.45) is 0 Å². The Morgan fingerprint density at radius 3 is 2.22 bits per heavy atom. The molecule has 2 aromatic carbocycles. The average molecular weight is 431 g/mol. The van der Waals surface area contributed by atoms with Crippen molar-refractivity contribution < 1.29 is 14.4 Å². The van der Waals surface area contributed by atoms with Crippen molar-refractivity contribution in [2.45, 2.75) is 26.7 Å². The Labute approximate surface area is 167 Å². The number of rotatable bonds is 8. The lowest BCUT2D eigenvalue weighted by Gasteiger charge is -2.19. The van der Waals surface area contributed by atoms with E-state index in [-0.39, 0.29) is 30.4 Å². The summed E-state index contributed by atoms with van der Waals surface area (Å²) in [5.41, 5.74) is 1.66. The maximum Gasteiger partial charge on any atom is 0.253 e. The summed E-state index contributed by atoms with van der Waals surface area (Å²) in [6.45, 7) is 5.11. The van der Waals surface area contributed by atoms with E-state index in [9.17, 15) is 14.4 Å². The molecule has 0 aliphatic heterocycles. The fourth-order valence-corrected chi connectivity index (χ4v) is 2.92. The van der Waals surface area contributed by atoms with Crippen molar-refractivity contribution in [2.75, 3.05) is 18.4 Å². The summed E-state index contributed by atoms with van der Waals surface area (Å²) in [5, 5.41) is 2.76. The first kappa shape index (κ1) is 20.8. The highest BCUT2D eigenvalue weighted by atomic mass is 79.9. The number of carbonyl (C=O) groups excluding carboxylic acids is 3. The van der Waals surface area contributed by atoms with E-state index in [4.69, 9.17) is 0 Å². The van der Waals surface area contributed by atoms with Gasteiger partial charge in [0.15, 0.2) is 5.78 Å². The molecule has 0 atom stereocenters. The summed E-state index contributed by atoms with van der Waals surface area (Å²) in [7, 11) is 0. The first-order chi connectivity index (χ1) is 12.9. The topological polar surface area (TPSA) is 66.5 Å². The quantitative estimate of drug-likeness (QED) is 0.625. The van der Waals surface area contributed by atoms with Crippen molar-refractivity contribution in [1.82, 2.24) is 4.90 Å². The van der Waals surface area contributed by atoms with Gasteiger partial charge in [-0.15, -0.1) is 0 Å². The number of benzene rings is 2. The molecule has 0 spiro atoms. The molecular formula is C21H23BrN2O3. The monoisotopic (exact) mass is 430 g/mol. The van der Waals surface area contributed by atoms with Gasteiger partial charge in [-0.1, -0.05) is 34.1 Å². The van der Waals surface area contributed by atoms with Crippen LogP contribution in [0, 0.1) is 0 Å². The minimum atomic E-state index is -0.257. The second-order valence-electron chi connectivity index (χ2n) is 6.04. The molecule has 0 aliphatic carbocycles. The third-order valence-electron chi connectivity index (χ3n) is 4.19. The average Bonchev–Trinajstić information content (AvgIpc) is 2.67. The van der Waals surface area contributed by atoms with Crippen LogP contribution in [0.1, 0.15) is 47.4 Å². The van der Waals surface area contributed by atoms with Gasteiger partial charge in [-0.3, -0.25) is 14.4 Å². The van der Waals surface area contributed by atoms with Crippen LogP contribution in [0.4, 0.5) is 5.69 Å². The van der Waals surface area contributed by atoms with Crippen LogP contribution in [-0.2, 0) is 4.79 Å². The fraction of sp³-hybridized carbons (Fsp3) is 0.286. The van der Waals surface area contributed by atoms with Crippen LogP contribution in [0.5, 0.6) is 0 Å². The molecule has 0 heterocycles. The number of hydrogen-bond acceptors (Lipinski definition) is 3. The first-order valence-corrected chi connectivity index (χ1v) is 9.71. The van der Waals surface area contributed by atoms with Gasteiger partial charge in [0.05, 0.1) is 0 Å². The number of nitrogens with zero attached hydrogens (tertiary/aromatic N) is 1. The third-order valence-corrected chi connectivity index (χ3v) is 4.72. The highest BCUT2D eigenvalue weighted by molar-refractivity contribution is 9.10. The number of carbonyl (C=O) groups is 3. The zero-order valence-electron chi connectivity index (χ0n) is 15.5. The molecule has 0 saturated heterocycles. The number of halogens is 1. The summed E-state index contributed by atoms with van der Waals surface area (Å²) in [4.78, 5) is 38.4. The van der Waals surface area contributed by atoms with Crippen molar-refractivity contribution >= 4 is 39.2 Å². The third kappa shape index (κ3) is 6.03. The number of nitrogens with one attached hydrogen (secondary N) is 1. The second kappa shape index (κ2) is 10.0. The van der Waals surface area contributed by atoms with Crippen LogP contribution in [-0.4, -0.2) is 35.6 Å². The van der Waals surface area contributed by atoms with E-state index in [0.717, 1.165) is 4.47 Å². The van der Waals surface area contributed by atoms with Gasteiger partial charge in [0.1, 0.15) is 0 Å². The zero-order chi connectivity index (χ0) is 19.8. The highest BCUT2D eigenvalue weighted by Crippen LogP contribution is 2.15.